The number of hydrogen-bond acceptors (Lipinski definition) is 2. The van der Waals surface area contributed by atoms with Crippen LogP contribution < -0.4 is 5.32 Å². The zero-order chi connectivity index (χ0) is 22.9. The number of amides is 1. The summed E-state index contributed by atoms with van der Waals surface area (Å²) in [6.45, 7) is 2.97. The molecule has 1 unspecified atom stereocenters. The van der Waals surface area contributed by atoms with Crippen LogP contribution in [0.4, 0.5) is 13.2 Å². The Hall–Kier alpha value is -2.57. The van der Waals surface area contributed by atoms with Gasteiger partial charge in [-0.2, -0.15) is 13.2 Å². The van der Waals surface area contributed by atoms with Crippen molar-refractivity contribution in [1.29, 1.82) is 0 Å². The number of ether oxygens (including phenoxy) is 1. The van der Waals surface area contributed by atoms with E-state index in [9.17, 15) is 18.0 Å². The van der Waals surface area contributed by atoms with Crippen molar-refractivity contribution >= 4 is 23.1 Å². The van der Waals surface area contributed by atoms with Crippen molar-refractivity contribution in [3.8, 4) is 0 Å². The summed E-state index contributed by atoms with van der Waals surface area (Å²) < 4.78 is 45.8. The van der Waals surface area contributed by atoms with Crippen molar-refractivity contribution in [2.24, 2.45) is 5.92 Å². The van der Waals surface area contributed by atoms with E-state index in [-0.39, 0.29) is 22.9 Å². The standard InChI is InChI=1S/C25H23ClF3NO2/c1-16-9-10-24(20-14-32-15-20,12-21(16)17-5-3-2-4-6-17)30-23(31)18-7-8-19(13-26)22(11-18)25(27,28)29/h2-11,20H,12-15H2,1H3,(H,30,31). The molecule has 1 heterocycles. The van der Waals surface area contributed by atoms with Crippen LogP contribution in [-0.4, -0.2) is 24.7 Å². The van der Waals surface area contributed by atoms with E-state index < -0.39 is 23.2 Å². The Morgan fingerprint density at radius 2 is 1.91 bits per heavy atom. The minimum atomic E-state index is -4.59. The molecule has 2 aliphatic rings. The van der Waals surface area contributed by atoms with Crippen LogP contribution in [0.25, 0.3) is 5.57 Å². The summed E-state index contributed by atoms with van der Waals surface area (Å²) in [5.41, 5.74) is 1.50. The van der Waals surface area contributed by atoms with Crippen molar-refractivity contribution in [2.45, 2.75) is 30.9 Å². The number of carbonyl (C=O) groups excluding carboxylic acids is 1. The van der Waals surface area contributed by atoms with Gasteiger partial charge in [0.2, 0.25) is 0 Å². The second kappa shape index (κ2) is 8.75. The molecule has 0 spiro atoms. The number of rotatable bonds is 5. The smallest absolute Gasteiger partial charge is 0.380 e. The van der Waals surface area contributed by atoms with Gasteiger partial charge < -0.3 is 10.1 Å². The molecule has 1 amide bonds. The van der Waals surface area contributed by atoms with E-state index in [4.69, 9.17) is 16.3 Å². The molecule has 7 heteroatoms. The van der Waals surface area contributed by atoms with Gasteiger partial charge in [0.25, 0.3) is 5.91 Å². The number of nitrogens with one attached hydrogen (secondary N) is 1. The van der Waals surface area contributed by atoms with Crippen molar-refractivity contribution in [2.75, 3.05) is 13.2 Å². The third-order valence-corrected chi connectivity index (χ3v) is 6.52. The van der Waals surface area contributed by atoms with Gasteiger partial charge in [-0.1, -0.05) is 48.6 Å². The van der Waals surface area contributed by atoms with E-state index in [1.807, 2.05) is 49.4 Å². The second-order valence-corrected chi connectivity index (χ2v) is 8.54. The molecule has 2 aromatic rings. The Morgan fingerprint density at radius 1 is 1.19 bits per heavy atom. The normalized spacial score (nSPS) is 21.4. The lowest BCUT2D eigenvalue weighted by Crippen LogP contribution is -2.59. The van der Waals surface area contributed by atoms with E-state index in [2.05, 4.69) is 5.32 Å². The monoisotopic (exact) mass is 461 g/mol. The van der Waals surface area contributed by atoms with Gasteiger partial charge >= 0.3 is 6.18 Å². The zero-order valence-electron chi connectivity index (χ0n) is 17.5. The largest absolute Gasteiger partial charge is 0.416 e. The first-order valence-electron chi connectivity index (χ1n) is 10.3. The maximum Gasteiger partial charge on any atom is 0.416 e. The fourth-order valence-electron chi connectivity index (χ4n) is 4.22. The molecule has 1 aliphatic carbocycles. The lowest BCUT2D eigenvalue weighted by atomic mass is 9.72. The van der Waals surface area contributed by atoms with E-state index in [1.54, 1.807) is 0 Å². The lowest BCUT2D eigenvalue weighted by molar-refractivity contribution is -0.138. The fourth-order valence-corrected chi connectivity index (χ4v) is 4.45. The average Bonchev–Trinajstić information content (AvgIpc) is 2.73. The highest BCUT2D eigenvalue weighted by Crippen LogP contribution is 2.41. The Labute approximate surface area is 189 Å². The molecular formula is C25H23ClF3NO2. The molecule has 1 N–H and O–H groups in total. The Balaban J connectivity index is 1.66. The summed E-state index contributed by atoms with van der Waals surface area (Å²) in [6, 6.07) is 13.4. The number of carbonyl (C=O) groups is 1. The summed E-state index contributed by atoms with van der Waals surface area (Å²) in [7, 11) is 0. The molecule has 0 radical (unpaired) electrons. The van der Waals surface area contributed by atoms with Crippen LogP contribution in [0.5, 0.6) is 0 Å². The van der Waals surface area contributed by atoms with Crippen LogP contribution in [0, 0.1) is 5.92 Å². The number of alkyl halides is 4. The third kappa shape index (κ3) is 4.34. The van der Waals surface area contributed by atoms with Crippen LogP contribution in [0.3, 0.4) is 0 Å². The molecule has 1 fully saturated rings. The molecule has 3 nitrogen and oxygen atoms in total. The van der Waals surface area contributed by atoms with Crippen LogP contribution in [-0.2, 0) is 16.8 Å². The minimum Gasteiger partial charge on any atom is -0.380 e. The topological polar surface area (TPSA) is 38.3 Å². The highest BCUT2D eigenvalue weighted by Gasteiger charge is 2.44. The Kier molecular flexibility index (Phi) is 6.19. The molecular weight excluding hydrogens is 439 g/mol. The quantitative estimate of drug-likeness (QED) is 0.555. The van der Waals surface area contributed by atoms with Gasteiger partial charge in [0.05, 0.1) is 24.3 Å². The van der Waals surface area contributed by atoms with E-state index in [1.165, 1.54) is 12.1 Å². The highest BCUT2D eigenvalue weighted by molar-refractivity contribution is 6.17. The van der Waals surface area contributed by atoms with Crippen LogP contribution in [0.1, 0.15) is 40.4 Å². The SMILES string of the molecule is CC1=C(c2ccccc2)CC(NC(=O)c2ccc(CCl)c(C(F)(F)F)c2)(C2COC2)C=C1. The minimum absolute atomic E-state index is 0.0266. The van der Waals surface area contributed by atoms with Gasteiger partial charge in [-0.3, -0.25) is 4.79 Å². The van der Waals surface area contributed by atoms with Gasteiger partial charge in [0, 0.05) is 23.8 Å². The van der Waals surface area contributed by atoms with Crippen LogP contribution in [0.2, 0.25) is 0 Å². The molecule has 168 valence electrons. The average molecular weight is 462 g/mol. The first-order chi connectivity index (χ1) is 15.2. The molecule has 0 bridgehead atoms. The molecule has 0 aromatic heterocycles. The Morgan fingerprint density at radius 3 is 2.50 bits per heavy atom. The molecule has 2 aromatic carbocycles. The van der Waals surface area contributed by atoms with Crippen molar-refractivity contribution in [3.05, 3.63) is 88.5 Å². The van der Waals surface area contributed by atoms with Gasteiger partial charge in [-0.05, 0) is 41.3 Å². The molecule has 1 saturated heterocycles. The number of halogens is 4. The Bertz CT molecular complexity index is 1070. The number of hydrogen-bond donors (Lipinski definition) is 1. The number of benzene rings is 2. The summed E-state index contributed by atoms with van der Waals surface area (Å²) in [6.07, 6.45) is -0.129. The van der Waals surface area contributed by atoms with Crippen LogP contribution in [0.15, 0.2) is 66.3 Å². The third-order valence-electron chi connectivity index (χ3n) is 6.23. The van der Waals surface area contributed by atoms with E-state index in [0.29, 0.717) is 19.6 Å². The summed E-state index contributed by atoms with van der Waals surface area (Å²) in [4.78, 5) is 13.2. The first kappa shape index (κ1) is 22.6. The number of allylic oxidation sites excluding steroid dienone is 2. The molecule has 1 aliphatic heterocycles. The van der Waals surface area contributed by atoms with E-state index >= 15 is 0 Å². The molecule has 1 atom stereocenters. The molecule has 32 heavy (non-hydrogen) atoms. The van der Waals surface area contributed by atoms with Gasteiger partial charge in [-0.25, -0.2) is 0 Å². The predicted molar refractivity (Wildman–Crippen MR) is 118 cm³/mol. The van der Waals surface area contributed by atoms with E-state index in [0.717, 1.165) is 22.8 Å². The summed E-state index contributed by atoms with van der Waals surface area (Å²) >= 11 is 5.68. The van der Waals surface area contributed by atoms with Crippen molar-refractivity contribution in [1.82, 2.24) is 5.32 Å². The van der Waals surface area contributed by atoms with Crippen LogP contribution >= 0.6 is 11.6 Å². The second-order valence-electron chi connectivity index (χ2n) is 8.27. The lowest BCUT2D eigenvalue weighted by Gasteiger charge is -2.46. The summed E-state index contributed by atoms with van der Waals surface area (Å²) in [5, 5.41) is 3.05. The maximum absolute atomic E-state index is 13.5. The van der Waals surface area contributed by atoms with Gasteiger partial charge in [0.15, 0.2) is 0 Å². The van der Waals surface area contributed by atoms with Crippen molar-refractivity contribution in [3.63, 3.8) is 0 Å². The molecule has 4 rings (SSSR count). The predicted octanol–water partition coefficient (Wildman–Crippen LogP) is 5.99. The van der Waals surface area contributed by atoms with Gasteiger partial charge in [0.1, 0.15) is 0 Å². The molecule has 0 saturated carbocycles. The first-order valence-corrected chi connectivity index (χ1v) is 10.9. The maximum atomic E-state index is 13.5. The summed E-state index contributed by atoms with van der Waals surface area (Å²) in [5.74, 6) is -0.813. The fraction of sp³-hybridized carbons (Fsp3) is 0.320. The zero-order valence-corrected chi connectivity index (χ0v) is 18.3. The highest BCUT2D eigenvalue weighted by atomic mass is 35.5. The van der Waals surface area contributed by atoms with Gasteiger partial charge in [-0.15, -0.1) is 11.6 Å². The van der Waals surface area contributed by atoms with Crippen molar-refractivity contribution < 1.29 is 22.7 Å².